The molecular weight excluding hydrogens is 250 g/mol. The second-order valence-electron chi connectivity index (χ2n) is 4.22. The average molecular weight is 267 g/mol. The third-order valence-corrected chi connectivity index (χ3v) is 3.77. The predicted octanol–water partition coefficient (Wildman–Crippen LogP) is 1.78. The number of carbonyl (C=O) groups is 1. The van der Waals surface area contributed by atoms with Crippen molar-refractivity contribution in [3.63, 3.8) is 0 Å². The van der Waals surface area contributed by atoms with E-state index < -0.39 is 0 Å². The van der Waals surface area contributed by atoms with Crippen molar-refractivity contribution in [1.82, 2.24) is 5.32 Å². The summed E-state index contributed by atoms with van der Waals surface area (Å²) >= 11 is 1.46. The van der Waals surface area contributed by atoms with Gasteiger partial charge in [0.05, 0.1) is 11.9 Å². The summed E-state index contributed by atoms with van der Waals surface area (Å²) in [5.74, 6) is 0.642. The molecule has 0 spiro atoms. The molecule has 1 unspecified atom stereocenters. The van der Waals surface area contributed by atoms with E-state index in [2.05, 4.69) is 5.32 Å². The predicted molar refractivity (Wildman–Crippen MR) is 70.8 cm³/mol. The van der Waals surface area contributed by atoms with E-state index in [1.54, 1.807) is 24.3 Å². The fourth-order valence-corrected chi connectivity index (χ4v) is 2.50. The minimum absolute atomic E-state index is 0.0172. The number of carbonyl (C=O) groups excluding carboxylic acids is 1. The van der Waals surface area contributed by atoms with Crippen LogP contribution in [-0.4, -0.2) is 36.0 Å². The maximum Gasteiger partial charge on any atom is 0.230 e. The molecule has 0 bridgehead atoms. The van der Waals surface area contributed by atoms with E-state index in [9.17, 15) is 4.79 Å². The third-order valence-electron chi connectivity index (χ3n) is 2.76. The van der Waals surface area contributed by atoms with Gasteiger partial charge in [-0.25, -0.2) is 0 Å². The maximum atomic E-state index is 11.6. The molecule has 1 aliphatic rings. The monoisotopic (exact) mass is 267 g/mol. The van der Waals surface area contributed by atoms with Crippen LogP contribution in [0.4, 0.5) is 0 Å². The number of benzene rings is 1. The van der Waals surface area contributed by atoms with Crippen LogP contribution in [0, 0.1) is 0 Å². The molecule has 4 nitrogen and oxygen atoms in total. The zero-order chi connectivity index (χ0) is 12.8. The van der Waals surface area contributed by atoms with E-state index in [1.165, 1.54) is 11.8 Å². The van der Waals surface area contributed by atoms with E-state index in [4.69, 9.17) is 9.84 Å². The molecule has 5 heteroatoms. The number of aromatic hydroxyl groups is 1. The van der Waals surface area contributed by atoms with Crippen molar-refractivity contribution in [2.24, 2.45) is 0 Å². The summed E-state index contributed by atoms with van der Waals surface area (Å²) in [4.78, 5) is 12.6. The summed E-state index contributed by atoms with van der Waals surface area (Å²) in [6.07, 6.45) is 2.31. The van der Waals surface area contributed by atoms with Gasteiger partial charge < -0.3 is 15.2 Å². The highest BCUT2D eigenvalue weighted by Gasteiger charge is 2.15. The summed E-state index contributed by atoms with van der Waals surface area (Å²) in [6, 6.07) is 6.83. The molecule has 18 heavy (non-hydrogen) atoms. The lowest BCUT2D eigenvalue weighted by Crippen LogP contribution is -2.32. The van der Waals surface area contributed by atoms with Crippen LogP contribution < -0.4 is 5.32 Å². The van der Waals surface area contributed by atoms with Crippen molar-refractivity contribution in [3.05, 3.63) is 24.3 Å². The highest BCUT2D eigenvalue weighted by Crippen LogP contribution is 2.20. The van der Waals surface area contributed by atoms with Crippen molar-refractivity contribution in [1.29, 1.82) is 0 Å². The molecule has 0 aromatic heterocycles. The normalized spacial score (nSPS) is 18.8. The van der Waals surface area contributed by atoms with E-state index >= 15 is 0 Å². The van der Waals surface area contributed by atoms with Crippen LogP contribution in [0.25, 0.3) is 0 Å². The van der Waals surface area contributed by atoms with Crippen LogP contribution in [0.15, 0.2) is 29.2 Å². The number of phenols is 1. The minimum atomic E-state index is 0.0172. The molecule has 0 saturated carbocycles. The van der Waals surface area contributed by atoms with Gasteiger partial charge in [-0.05, 0) is 37.1 Å². The van der Waals surface area contributed by atoms with Gasteiger partial charge in [0.25, 0.3) is 0 Å². The lowest BCUT2D eigenvalue weighted by atomic mass is 10.2. The quantitative estimate of drug-likeness (QED) is 0.798. The van der Waals surface area contributed by atoms with E-state index in [0.29, 0.717) is 12.3 Å². The standard InChI is InChI=1S/C13H17NO3S/c15-10-3-5-12(6-4-10)18-9-13(16)14-8-11-2-1-7-17-11/h3-6,11,15H,1-2,7-9H2,(H,14,16). The summed E-state index contributed by atoms with van der Waals surface area (Å²) < 4.78 is 5.43. The van der Waals surface area contributed by atoms with Gasteiger partial charge in [0.1, 0.15) is 5.75 Å². The number of amides is 1. The largest absolute Gasteiger partial charge is 0.508 e. The highest BCUT2D eigenvalue weighted by atomic mass is 32.2. The number of thioether (sulfide) groups is 1. The molecule has 1 atom stereocenters. The highest BCUT2D eigenvalue weighted by molar-refractivity contribution is 8.00. The van der Waals surface area contributed by atoms with E-state index in [-0.39, 0.29) is 17.8 Å². The summed E-state index contributed by atoms with van der Waals surface area (Å²) in [6.45, 7) is 1.41. The smallest absolute Gasteiger partial charge is 0.230 e. The Labute approximate surface area is 111 Å². The number of ether oxygens (including phenoxy) is 1. The van der Waals surface area contributed by atoms with Gasteiger partial charge in [-0.3, -0.25) is 4.79 Å². The van der Waals surface area contributed by atoms with Crippen LogP contribution in [0.3, 0.4) is 0 Å². The van der Waals surface area contributed by atoms with Gasteiger partial charge >= 0.3 is 0 Å². The fraction of sp³-hybridized carbons (Fsp3) is 0.462. The second-order valence-corrected chi connectivity index (χ2v) is 5.27. The number of nitrogens with one attached hydrogen (secondary N) is 1. The maximum absolute atomic E-state index is 11.6. The Morgan fingerprint density at radius 2 is 2.22 bits per heavy atom. The Morgan fingerprint density at radius 3 is 2.89 bits per heavy atom. The summed E-state index contributed by atoms with van der Waals surface area (Å²) in [5, 5.41) is 12.0. The van der Waals surface area contributed by atoms with Crippen molar-refractivity contribution < 1.29 is 14.6 Å². The van der Waals surface area contributed by atoms with Crippen molar-refractivity contribution in [2.45, 2.75) is 23.8 Å². The van der Waals surface area contributed by atoms with Gasteiger partial charge in [-0.2, -0.15) is 0 Å². The van der Waals surface area contributed by atoms with Gasteiger partial charge in [-0.1, -0.05) is 0 Å². The molecule has 1 aliphatic heterocycles. The first-order valence-corrected chi connectivity index (χ1v) is 7.03. The number of phenolic OH excluding ortho intramolecular Hbond substituents is 1. The molecule has 0 aliphatic carbocycles. The molecular formula is C13H17NO3S. The van der Waals surface area contributed by atoms with Gasteiger partial charge in [0, 0.05) is 18.0 Å². The Bertz CT molecular complexity index is 388. The van der Waals surface area contributed by atoms with Crippen LogP contribution in [0.2, 0.25) is 0 Å². The SMILES string of the molecule is O=C(CSc1ccc(O)cc1)NCC1CCCO1. The molecule has 98 valence electrons. The lowest BCUT2D eigenvalue weighted by molar-refractivity contribution is -0.119. The van der Waals surface area contributed by atoms with Crippen LogP contribution >= 0.6 is 11.8 Å². The Morgan fingerprint density at radius 1 is 1.44 bits per heavy atom. The topological polar surface area (TPSA) is 58.6 Å². The van der Waals surface area contributed by atoms with Crippen LogP contribution in [0.1, 0.15) is 12.8 Å². The van der Waals surface area contributed by atoms with Gasteiger partial charge in [-0.15, -0.1) is 11.8 Å². The Hall–Kier alpha value is -1.20. The number of rotatable bonds is 5. The average Bonchev–Trinajstić information content (AvgIpc) is 2.89. The minimum Gasteiger partial charge on any atom is -0.508 e. The van der Waals surface area contributed by atoms with Gasteiger partial charge in [0.15, 0.2) is 0 Å². The molecule has 1 amide bonds. The van der Waals surface area contributed by atoms with Crippen molar-refractivity contribution in [3.8, 4) is 5.75 Å². The van der Waals surface area contributed by atoms with Crippen LogP contribution in [-0.2, 0) is 9.53 Å². The first kappa shape index (κ1) is 13.2. The van der Waals surface area contributed by atoms with Crippen molar-refractivity contribution >= 4 is 17.7 Å². The molecule has 1 aromatic rings. The molecule has 2 N–H and O–H groups in total. The lowest BCUT2D eigenvalue weighted by Gasteiger charge is -2.10. The Kier molecular flexibility index (Phi) is 4.90. The first-order chi connectivity index (χ1) is 8.74. The van der Waals surface area contributed by atoms with Crippen LogP contribution in [0.5, 0.6) is 5.75 Å². The first-order valence-electron chi connectivity index (χ1n) is 6.04. The summed E-state index contributed by atoms with van der Waals surface area (Å²) in [5.41, 5.74) is 0. The summed E-state index contributed by atoms with van der Waals surface area (Å²) in [7, 11) is 0. The zero-order valence-corrected chi connectivity index (χ0v) is 10.9. The Balaban J connectivity index is 1.66. The molecule has 2 rings (SSSR count). The van der Waals surface area contributed by atoms with E-state index in [1.807, 2.05) is 0 Å². The number of hydrogen-bond acceptors (Lipinski definition) is 4. The second kappa shape index (κ2) is 6.66. The molecule has 1 fully saturated rings. The zero-order valence-electron chi connectivity index (χ0n) is 10.1. The van der Waals surface area contributed by atoms with E-state index in [0.717, 1.165) is 24.3 Å². The molecule has 0 radical (unpaired) electrons. The third kappa shape index (κ3) is 4.23. The van der Waals surface area contributed by atoms with Crippen molar-refractivity contribution in [2.75, 3.05) is 18.9 Å². The number of hydrogen-bond donors (Lipinski definition) is 2. The van der Waals surface area contributed by atoms with Gasteiger partial charge in [0.2, 0.25) is 5.91 Å². The fourth-order valence-electron chi connectivity index (χ4n) is 1.78. The molecule has 1 aromatic carbocycles. The molecule has 1 saturated heterocycles. The molecule has 1 heterocycles.